The molecule has 0 unspecified atom stereocenters. The molecule has 0 aliphatic heterocycles. The molecule has 0 heterocycles. The molecule has 0 bridgehead atoms. The van der Waals surface area contributed by atoms with Crippen LogP contribution in [0.4, 0.5) is 0 Å². The second-order valence-corrected chi connectivity index (χ2v) is 22.9. The van der Waals surface area contributed by atoms with Gasteiger partial charge in [-0.1, -0.05) is 416 Å². The molecular formula is C100H138. The molecule has 0 atom stereocenters. The van der Waals surface area contributed by atoms with E-state index >= 15 is 0 Å². The van der Waals surface area contributed by atoms with Gasteiger partial charge in [-0.25, -0.2) is 0 Å². The zero-order valence-corrected chi connectivity index (χ0v) is 69.2. The van der Waals surface area contributed by atoms with Gasteiger partial charge in [0.05, 0.1) is 0 Å². The summed E-state index contributed by atoms with van der Waals surface area (Å²) in [6.07, 6.45) is 0. The van der Waals surface area contributed by atoms with E-state index in [0.29, 0.717) is 0 Å². The number of hydrogen-bond acceptors (Lipinski definition) is 0. The second-order valence-electron chi connectivity index (χ2n) is 22.9. The first-order valence-electron chi connectivity index (χ1n) is 37.6. The highest BCUT2D eigenvalue weighted by Crippen LogP contribution is 2.24. The van der Waals surface area contributed by atoms with Gasteiger partial charge in [-0.05, 0) is 204 Å². The van der Waals surface area contributed by atoms with E-state index in [0.717, 1.165) is 0 Å². The standard InChI is InChI=1S/5C12H12.3C8H10.8C2H6/c1-9-3-5-12-8-10(2)4-6-11(12)7-9;1-9-3-5-11-6-4-10(2)8-12(11)7-9;1-9-5-3-8-12-10(2)6-4-7-11(9)12;1-9-7-10(2)12-6-4-3-5-11(12)8-9;1-9-7-8-10(2)12-6-4-3-5-11(9)12;1-7-3-5-8(2)6-4-7;1-7-4-3-5-8(2)6-7;1-7-5-3-4-6-8(7)2;8*1-2/h5*3-8H,1-2H3;3*3-6H,1-2H3;8*1-2H3. The van der Waals surface area contributed by atoms with Crippen LogP contribution in [0.15, 0.2) is 255 Å². The Morgan fingerprint density at radius 1 is 0.120 bits per heavy atom. The Hall–Kier alpha value is -8.84. The van der Waals surface area contributed by atoms with Crippen LogP contribution in [0.2, 0.25) is 0 Å². The van der Waals surface area contributed by atoms with Crippen LogP contribution in [0.3, 0.4) is 0 Å². The number of benzene rings is 13. The van der Waals surface area contributed by atoms with Gasteiger partial charge in [0, 0.05) is 0 Å². The number of aryl methyl sites for hydroxylation is 16. The maximum absolute atomic E-state index is 2.22. The van der Waals surface area contributed by atoms with Crippen LogP contribution in [0.1, 0.15) is 200 Å². The molecule has 13 aromatic rings. The van der Waals surface area contributed by atoms with Crippen molar-refractivity contribution >= 4 is 53.9 Å². The van der Waals surface area contributed by atoms with E-state index < -0.39 is 0 Å². The summed E-state index contributed by atoms with van der Waals surface area (Å²) in [6, 6.07) is 90.2. The smallest absolute Gasteiger partial charge is 0.0152 e. The quantitative estimate of drug-likeness (QED) is 0.142. The summed E-state index contributed by atoms with van der Waals surface area (Å²) < 4.78 is 0. The molecule has 13 rings (SSSR count). The van der Waals surface area contributed by atoms with Gasteiger partial charge in [-0.3, -0.25) is 0 Å². The van der Waals surface area contributed by atoms with E-state index in [4.69, 9.17) is 0 Å². The van der Waals surface area contributed by atoms with E-state index in [1.165, 1.54) is 143 Å². The summed E-state index contributed by atoms with van der Waals surface area (Å²) in [5.41, 5.74) is 21.5. The topological polar surface area (TPSA) is 0 Å². The van der Waals surface area contributed by atoms with E-state index in [9.17, 15) is 0 Å². The predicted molar refractivity (Wildman–Crippen MR) is 466 cm³/mol. The molecule has 0 amide bonds. The first kappa shape index (κ1) is 95.3. The van der Waals surface area contributed by atoms with Crippen molar-refractivity contribution < 1.29 is 0 Å². The summed E-state index contributed by atoms with van der Waals surface area (Å²) in [6.45, 7) is 66.1. The van der Waals surface area contributed by atoms with E-state index in [-0.39, 0.29) is 0 Å². The minimum Gasteiger partial charge on any atom is -0.0683 e. The predicted octanol–water partition coefficient (Wildman–Crippen LogP) is 32.4. The molecule has 538 valence electrons. The highest BCUT2D eigenvalue weighted by molar-refractivity contribution is 5.90. The Kier molecular flexibility index (Phi) is 55.3. The Labute approximate surface area is 615 Å². The summed E-state index contributed by atoms with van der Waals surface area (Å²) in [4.78, 5) is 0. The molecule has 100 heavy (non-hydrogen) atoms. The Balaban J connectivity index is -0.00000105. The second kappa shape index (κ2) is 58.0. The average Bonchev–Trinajstić information content (AvgIpc) is 0.839. The third-order valence-corrected chi connectivity index (χ3v) is 15.1. The van der Waals surface area contributed by atoms with Crippen molar-refractivity contribution in [1.82, 2.24) is 0 Å². The van der Waals surface area contributed by atoms with Gasteiger partial charge in [-0.15, -0.1) is 0 Å². The summed E-state index contributed by atoms with van der Waals surface area (Å²) in [7, 11) is 0. The lowest BCUT2D eigenvalue weighted by molar-refractivity contribution is 1.34. The molecule has 0 N–H and O–H groups in total. The lowest BCUT2D eigenvalue weighted by Gasteiger charge is -2.03. The fraction of sp³-hybridized carbons (Fsp3) is 0.320. The molecule has 0 nitrogen and oxygen atoms in total. The molecule has 0 radical (unpaired) electrons. The third-order valence-electron chi connectivity index (χ3n) is 15.1. The molecule has 0 heteroatoms. The zero-order chi connectivity index (χ0) is 76.7. The monoisotopic (exact) mass is 1340 g/mol. The van der Waals surface area contributed by atoms with Crippen LogP contribution in [-0.4, -0.2) is 0 Å². The lowest BCUT2D eigenvalue weighted by atomic mass is 10.0. The molecule has 0 aliphatic carbocycles. The SMILES string of the molecule is CC.CC.CC.CC.CC.CC.CC.CC.Cc1cc(C)c2ccccc2c1.Cc1ccc(C)c2ccccc12.Cc1ccc(C)cc1.Cc1ccc2cc(C)ccc2c1.Cc1ccc2ccc(C)cc2c1.Cc1cccc(C)c1.Cc1cccc2c(C)cccc12.Cc1ccccc1C. The average molecular weight is 1340 g/mol. The van der Waals surface area contributed by atoms with Crippen LogP contribution in [0.25, 0.3) is 53.9 Å². The Bertz CT molecular complexity index is 3930. The van der Waals surface area contributed by atoms with Crippen molar-refractivity contribution in [3.8, 4) is 0 Å². The molecule has 0 saturated carbocycles. The van der Waals surface area contributed by atoms with Gasteiger partial charge in [-0.2, -0.15) is 0 Å². The van der Waals surface area contributed by atoms with Crippen molar-refractivity contribution in [3.63, 3.8) is 0 Å². The highest BCUT2D eigenvalue weighted by atomic mass is 14.1. The summed E-state index contributed by atoms with van der Waals surface area (Å²) in [5, 5.41) is 13.5. The van der Waals surface area contributed by atoms with Crippen LogP contribution in [0, 0.1) is 111 Å². The molecule has 0 aromatic heterocycles. The Morgan fingerprint density at radius 3 is 0.690 bits per heavy atom. The maximum Gasteiger partial charge on any atom is -0.0152 e. The first-order valence-corrected chi connectivity index (χ1v) is 37.6. The minimum absolute atomic E-state index is 1.33. The first-order chi connectivity index (χ1) is 48.2. The van der Waals surface area contributed by atoms with Crippen molar-refractivity contribution in [2.75, 3.05) is 0 Å². The molecule has 0 saturated heterocycles. The Morgan fingerprint density at radius 2 is 0.360 bits per heavy atom. The van der Waals surface area contributed by atoms with Gasteiger partial charge >= 0.3 is 0 Å². The van der Waals surface area contributed by atoms with Crippen molar-refractivity contribution in [2.45, 2.75) is 222 Å². The summed E-state index contributed by atoms with van der Waals surface area (Å²) in [5.74, 6) is 0. The van der Waals surface area contributed by atoms with E-state index in [1.54, 1.807) is 0 Å². The van der Waals surface area contributed by atoms with Crippen LogP contribution >= 0.6 is 0 Å². The van der Waals surface area contributed by atoms with Gasteiger partial charge in [0.1, 0.15) is 0 Å². The lowest BCUT2D eigenvalue weighted by Crippen LogP contribution is -1.80. The fourth-order valence-electron chi connectivity index (χ4n) is 9.99. The van der Waals surface area contributed by atoms with E-state index in [2.05, 4.69) is 366 Å². The highest BCUT2D eigenvalue weighted by Gasteiger charge is 2.00. The van der Waals surface area contributed by atoms with Crippen molar-refractivity contribution in [2.24, 2.45) is 0 Å². The molecule has 13 aromatic carbocycles. The van der Waals surface area contributed by atoms with Crippen LogP contribution in [0.5, 0.6) is 0 Å². The number of fused-ring (bicyclic) bond motifs is 5. The molecule has 0 spiro atoms. The summed E-state index contributed by atoms with van der Waals surface area (Å²) >= 11 is 0. The molecule has 0 fully saturated rings. The van der Waals surface area contributed by atoms with E-state index in [1.807, 2.05) is 111 Å². The number of hydrogen-bond donors (Lipinski definition) is 0. The van der Waals surface area contributed by atoms with Gasteiger partial charge in [0.2, 0.25) is 0 Å². The van der Waals surface area contributed by atoms with Crippen LogP contribution in [-0.2, 0) is 0 Å². The van der Waals surface area contributed by atoms with Crippen LogP contribution < -0.4 is 0 Å². The van der Waals surface area contributed by atoms with Gasteiger partial charge in [0.25, 0.3) is 0 Å². The zero-order valence-electron chi connectivity index (χ0n) is 69.2. The van der Waals surface area contributed by atoms with Gasteiger partial charge in [0.15, 0.2) is 0 Å². The number of rotatable bonds is 0. The minimum atomic E-state index is 1.33. The normalized spacial score (nSPS) is 9.00. The van der Waals surface area contributed by atoms with Crippen molar-refractivity contribution in [3.05, 3.63) is 344 Å². The largest absolute Gasteiger partial charge is 0.0683 e. The van der Waals surface area contributed by atoms with Crippen molar-refractivity contribution in [1.29, 1.82) is 0 Å². The molecule has 0 aliphatic rings. The third kappa shape index (κ3) is 36.8. The fourth-order valence-corrected chi connectivity index (χ4v) is 9.99. The van der Waals surface area contributed by atoms with Gasteiger partial charge < -0.3 is 0 Å². The molecular weight excluding hydrogens is 1200 g/mol. The maximum atomic E-state index is 2.22.